The average molecular weight is 480 g/mol. The Morgan fingerprint density at radius 3 is 2.52 bits per heavy atom. The summed E-state index contributed by atoms with van der Waals surface area (Å²) in [4.78, 5) is 24.4. The maximum Gasteiger partial charge on any atom is 0.276 e. The Morgan fingerprint density at radius 1 is 1.10 bits per heavy atom. The van der Waals surface area contributed by atoms with Crippen LogP contribution in [-0.4, -0.2) is 30.6 Å². The number of hydrogen-bond donors (Lipinski definition) is 3. The number of methoxy groups -OCH3 is 1. The minimum absolute atomic E-state index is 0.0621. The first-order valence-electron chi connectivity index (χ1n) is 8.77. The van der Waals surface area contributed by atoms with Crippen LogP contribution in [0.2, 0.25) is 0 Å². The van der Waals surface area contributed by atoms with E-state index < -0.39 is 11.8 Å². The molecule has 0 saturated carbocycles. The maximum atomic E-state index is 12.4. The highest BCUT2D eigenvalue weighted by Crippen LogP contribution is 2.25. The Hall–Kier alpha value is -2.65. The molecular formula is C20H22BrN3O4S. The zero-order chi connectivity index (χ0) is 21.4. The van der Waals surface area contributed by atoms with E-state index in [1.165, 1.54) is 7.11 Å². The number of nitrogens with one attached hydrogen (secondary N) is 3. The lowest BCUT2D eigenvalue weighted by Gasteiger charge is -2.15. The summed E-state index contributed by atoms with van der Waals surface area (Å²) < 4.78 is 11.5. The van der Waals surface area contributed by atoms with E-state index in [2.05, 4.69) is 32.1 Å². The van der Waals surface area contributed by atoms with Gasteiger partial charge in [-0.25, -0.2) is 0 Å². The molecule has 9 heteroatoms. The van der Waals surface area contributed by atoms with E-state index in [1.54, 1.807) is 18.2 Å². The second kappa shape index (κ2) is 10.8. The third kappa shape index (κ3) is 6.72. The van der Waals surface area contributed by atoms with Crippen LogP contribution in [-0.2, 0) is 4.79 Å². The van der Waals surface area contributed by atoms with Gasteiger partial charge in [-0.2, -0.15) is 0 Å². The molecule has 3 N–H and O–H groups in total. The lowest BCUT2D eigenvalue weighted by Crippen LogP contribution is -2.49. The summed E-state index contributed by atoms with van der Waals surface area (Å²) >= 11 is 8.35. The number of rotatable bonds is 6. The smallest absolute Gasteiger partial charge is 0.276 e. The maximum absolute atomic E-state index is 12.4. The van der Waals surface area contributed by atoms with Crippen molar-refractivity contribution in [2.24, 2.45) is 0 Å². The van der Waals surface area contributed by atoms with E-state index in [0.717, 1.165) is 10.0 Å². The summed E-state index contributed by atoms with van der Waals surface area (Å²) in [6.45, 7) is 3.89. The van der Waals surface area contributed by atoms with Crippen LogP contribution in [0.1, 0.15) is 35.7 Å². The summed E-state index contributed by atoms with van der Waals surface area (Å²) in [5.41, 5.74) is 6.17. The molecule has 2 aromatic rings. The Balaban J connectivity index is 1.84. The average Bonchev–Trinajstić information content (AvgIpc) is 2.70. The standard InChI is InChI=1S/C20H22BrN3O4S/c1-12(2)14-6-4-5-7-17(14)28-11-18(25)23-24-20(29)22-19(26)15-10-13(21)8-9-16(15)27-3/h4-10,12H,11H2,1-3H3,(H,23,25)(H2,22,24,26,29). The molecule has 0 heterocycles. The summed E-state index contributed by atoms with van der Waals surface area (Å²) in [7, 11) is 1.47. The molecule has 0 spiro atoms. The van der Waals surface area contributed by atoms with Crippen LogP contribution in [0, 0.1) is 0 Å². The SMILES string of the molecule is COc1ccc(Br)cc1C(=O)NC(=S)NNC(=O)COc1ccccc1C(C)C. The molecular weight excluding hydrogens is 458 g/mol. The first-order valence-corrected chi connectivity index (χ1v) is 9.97. The van der Waals surface area contributed by atoms with Crippen molar-refractivity contribution in [3.63, 3.8) is 0 Å². The van der Waals surface area contributed by atoms with Crippen LogP contribution in [0.25, 0.3) is 0 Å². The highest BCUT2D eigenvalue weighted by molar-refractivity contribution is 9.10. The number of benzene rings is 2. The van der Waals surface area contributed by atoms with E-state index in [4.69, 9.17) is 21.7 Å². The number of thiocarbonyl (C=S) groups is 1. The van der Waals surface area contributed by atoms with Gasteiger partial charge in [-0.1, -0.05) is 48.0 Å². The quantitative estimate of drug-likeness (QED) is 0.435. The number of carbonyl (C=O) groups is 2. The summed E-state index contributed by atoms with van der Waals surface area (Å²) in [5.74, 6) is 0.396. The molecule has 0 fully saturated rings. The molecule has 7 nitrogen and oxygen atoms in total. The van der Waals surface area contributed by atoms with Crippen molar-refractivity contribution in [3.05, 3.63) is 58.1 Å². The molecule has 29 heavy (non-hydrogen) atoms. The van der Waals surface area contributed by atoms with Gasteiger partial charge >= 0.3 is 0 Å². The molecule has 0 saturated heterocycles. The molecule has 0 bridgehead atoms. The van der Waals surface area contributed by atoms with Crippen LogP contribution >= 0.6 is 28.1 Å². The van der Waals surface area contributed by atoms with Crippen molar-refractivity contribution in [2.75, 3.05) is 13.7 Å². The number of hydrazine groups is 1. The zero-order valence-electron chi connectivity index (χ0n) is 16.2. The van der Waals surface area contributed by atoms with E-state index >= 15 is 0 Å². The number of halogens is 1. The topological polar surface area (TPSA) is 88.7 Å². The third-order valence-corrected chi connectivity index (χ3v) is 4.55. The molecule has 2 aromatic carbocycles. The first-order chi connectivity index (χ1) is 13.8. The molecule has 0 aliphatic carbocycles. The summed E-state index contributed by atoms with van der Waals surface area (Å²) in [5, 5.41) is 2.41. The van der Waals surface area contributed by atoms with Crippen molar-refractivity contribution in [3.8, 4) is 11.5 Å². The number of amides is 2. The third-order valence-electron chi connectivity index (χ3n) is 3.85. The zero-order valence-corrected chi connectivity index (χ0v) is 18.6. The van der Waals surface area contributed by atoms with Gasteiger partial charge < -0.3 is 9.47 Å². The number of ether oxygens (including phenoxy) is 2. The number of carbonyl (C=O) groups excluding carboxylic acids is 2. The predicted molar refractivity (Wildman–Crippen MR) is 118 cm³/mol. The van der Waals surface area contributed by atoms with Gasteiger partial charge in [0, 0.05) is 4.47 Å². The van der Waals surface area contributed by atoms with Crippen molar-refractivity contribution in [1.82, 2.24) is 16.2 Å². The molecule has 0 unspecified atom stereocenters. The van der Waals surface area contributed by atoms with E-state index in [9.17, 15) is 9.59 Å². The highest BCUT2D eigenvalue weighted by atomic mass is 79.9. The molecule has 2 amide bonds. The van der Waals surface area contributed by atoms with Gasteiger partial charge in [0.2, 0.25) is 0 Å². The molecule has 0 atom stereocenters. The fourth-order valence-corrected chi connectivity index (χ4v) is 2.96. The monoisotopic (exact) mass is 479 g/mol. The van der Waals surface area contributed by atoms with Crippen LogP contribution in [0.4, 0.5) is 0 Å². The largest absolute Gasteiger partial charge is 0.496 e. The predicted octanol–water partition coefficient (Wildman–Crippen LogP) is 3.30. The highest BCUT2D eigenvalue weighted by Gasteiger charge is 2.15. The minimum Gasteiger partial charge on any atom is -0.496 e. The Kier molecular flexibility index (Phi) is 8.41. The number of hydrogen-bond acceptors (Lipinski definition) is 5. The fraction of sp³-hybridized carbons (Fsp3) is 0.250. The fourth-order valence-electron chi connectivity index (χ4n) is 2.45. The van der Waals surface area contributed by atoms with E-state index in [0.29, 0.717) is 17.1 Å². The van der Waals surface area contributed by atoms with Gasteiger partial charge in [0.1, 0.15) is 11.5 Å². The molecule has 0 aromatic heterocycles. The molecule has 154 valence electrons. The Morgan fingerprint density at radius 2 is 1.83 bits per heavy atom. The summed E-state index contributed by atoms with van der Waals surface area (Å²) in [6.07, 6.45) is 0. The van der Waals surface area contributed by atoms with Crippen molar-refractivity contribution in [1.29, 1.82) is 0 Å². The Bertz CT molecular complexity index is 905. The van der Waals surface area contributed by atoms with Gasteiger partial charge in [-0.15, -0.1) is 0 Å². The second-order valence-corrected chi connectivity index (χ2v) is 7.61. The lowest BCUT2D eigenvalue weighted by molar-refractivity contribution is -0.123. The molecule has 2 rings (SSSR count). The van der Waals surface area contributed by atoms with Gasteiger partial charge in [0.15, 0.2) is 11.7 Å². The van der Waals surface area contributed by atoms with Crippen molar-refractivity contribution in [2.45, 2.75) is 19.8 Å². The van der Waals surface area contributed by atoms with E-state index in [-0.39, 0.29) is 17.6 Å². The van der Waals surface area contributed by atoms with Gasteiger partial charge in [0.05, 0.1) is 12.7 Å². The molecule has 0 aliphatic heterocycles. The normalized spacial score (nSPS) is 10.2. The van der Waals surface area contributed by atoms with Crippen LogP contribution in [0.15, 0.2) is 46.9 Å². The molecule has 0 radical (unpaired) electrons. The Labute approximate surface area is 183 Å². The number of para-hydroxylation sites is 1. The van der Waals surface area contributed by atoms with Crippen molar-refractivity contribution < 1.29 is 19.1 Å². The first kappa shape index (κ1) is 22.6. The van der Waals surface area contributed by atoms with E-state index in [1.807, 2.05) is 38.1 Å². The minimum atomic E-state index is -0.475. The molecule has 0 aliphatic rings. The lowest BCUT2D eigenvalue weighted by atomic mass is 10.0. The second-order valence-electron chi connectivity index (χ2n) is 6.28. The van der Waals surface area contributed by atoms with Crippen LogP contribution in [0.3, 0.4) is 0 Å². The van der Waals surface area contributed by atoms with Gasteiger partial charge in [-0.05, 0) is 48.0 Å². The van der Waals surface area contributed by atoms with Gasteiger partial charge in [-0.3, -0.25) is 25.8 Å². The summed E-state index contributed by atoms with van der Waals surface area (Å²) in [6, 6.07) is 12.6. The van der Waals surface area contributed by atoms with Crippen LogP contribution in [0.5, 0.6) is 11.5 Å². The van der Waals surface area contributed by atoms with Crippen molar-refractivity contribution >= 4 is 45.1 Å². The van der Waals surface area contributed by atoms with Crippen LogP contribution < -0.4 is 25.6 Å². The van der Waals surface area contributed by atoms with Gasteiger partial charge in [0.25, 0.3) is 11.8 Å².